The Morgan fingerprint density at radius 2 is 2.06 bits per heavy atom. The summed E-state index contributed by atoms with van der Waals surface area (Å²) in [6.07, 6.45) is 9.94. The van der Waals surface area contributed by atoms with E-state index >= 15 is 0 Å². The number of rotatable bonds is 5. The fraction of sp³-hybridized carbons (Fsp3) is 0.714. The molecule has 0 aromatic carbocycles. The predicted molar refractivity (Wildman–Crippen MR) is 69.4 cm³/mol. The molecule has 1 saturated heterocycles. The lowest BCUT2D eigenvalue weighted by atomic mass is 9.97. The Hall–Kier alpha value is -0.600. The number of hydrogen-bond acceptors (Lipinski definition) is 2. The van der Waals surface area contributed by atoms with E-state index in [1.807, 2.05) is 0 Å². The molecular formula is C14H25NO. The van der Waals surface area contributed by atoms with Crippen molar-refractivity contribution in [2.24, 2.45) is 5.92 Å². The number of hydrogen-bond donors (Lipinski definition) is 1. The fourth-order valence-electron chi connectivity index (χ4n) is 2.10. The van der Waals surface area contributed by atoms with Crippen molar-refractivity contribution < 1.29 is 5.11 Å². The van der Waals surface area contributed by atoms with Gasteiger partial charge in [0.05, 0.1) is 0 Å². The van der Waals surface area contributed by atoms with Crippen LogP contribution in [0.5, 0.6) is 0 Å². The van der Waals surface area contributed by atoms with Crippen LogP contribution in [-0.4, -0.2) is 36.2 Å². The molecule has 0 bridgehead atoms. The highest BCUT2D eigenvalue weighted by molar-refractivity contribution is 5.11. The SMILES string of the molecule is CC/C=C\C=C(/C)CN1CCC(CO)CC1. The van der Waals surface area contributed by atoms with Crippen molar-refractivity contribution in [1.82, 2.24) is 4.90 Å². The topological polar surface area (TPSA) is 23.5 Å². The first-order valence-corrected chi connectivity index (χ1v) is 6.41. The van der Waals surface area contributed by atoms with Crippen LogP contribution in [0.1, 0.15) is 33.1 Å². The molecule has 0 aliphatic carbocycles. The van der Waals surface area contributed by atoms with E-state index < -0.39 is 0 Å². The first kappa shape index (κ1) is 13.5. The first-order chi connectivity index (χ1) is 7.76. The molecule has 2 nitrogen and oxygen atoms in total. The van der Waals surface area contributed by atoms with Crippen LogP contribution in [0.2, 0.25) is 0 Å². The summed E-state index contributed by atoms with van der Waals surface area (Å²) in [6.45, 7) is 8.05. The quantitative estimate of drug-likeness (QED) is 0.724. The van der Waals surface area contributed by atoms with E-state index in [0.29, 0.717) is 12.5 Å². The standard InChI is InChI=1S/C14H25NO/c1-3-4-5-6-13(2)11-15-9-7-14(12-16)8-10-15/h4-6,14,16H,3,7-12H2,1-2H3/b5-4-,13-6+. The van der Waals surface area contributed by atoms with Crippen molar-refractivity contribution in [1.29, 1.82) is 0 Å². The molecule has 0 radical (unpaired) electrons. The first-order valence-electron chi connectivity index (χ1n) is 6.41. The van der Waals surface area contributed by atoms with E-state index in [0.717, 1.165) is 38.9 Å². The average Bonchev–Trinajstić information content (AvgIpc) is 2.30. The van der Waals surface area contributed by atoms with Gasteiger partial charge in [-0.3, -0.25) is 4.90 Å². The third-order valence-corrected chi connectivity index (χ3v) is 3.19. The van der Waals surface area contributed by atoms with Gasteiger partial charge in [-0.25, -0.2) is 0 Å². The van der Waals surface area contributed by atoms with Crippen LogP contribution in [0, 0.1) is 5.92 Å². The van der Waals surface area contributed by atoms with Gasteiger partial charge in [0.2, 0.25) is 0 Å². The molecule has 0 aromatic heterocycles. The van der Waals surface area contributed by atoms with Gasteiger partial charge in [0.25, 0.3) is 0 Å². The molecule has 92 valence electrons. The summed E-state index contributed by atoms with van der Waals surface area (Å²) in [6, 6.07) is 0. The average molecular weight is 223 g/mol. The Morgan fingerprint density at radius 3 is 2.62 bits per heavy atom. The highest BCUT2D eigenvalue weighted by Gasteiger charge is 2.17. The van der Waals surface area contributed by atoms with Crippen molar-refractivity contribution in [3.8, 4) is 0 Å². The molecule has 1 aliphatic rings. The normalized spacial score (nSPS) is 20.8. The Balaban J connectivity index is 2.27. The highest BCUT2D eigenvalue weighted by atomic mass is 16.3. The van der Waals surface area contributed by atoms with E-state index in [9.17, 15) is 0 Å². The molecule has 1 aliphatic heterocycles. The number of nitrogens with zero attached hydrogens (tertiary/aromatic N) is 1. The molecule has 0 spiro atoms. The largest absolute Gasteiger partial charge is 0.396 e. The van der Waals surface area contributed by atoms with Crippen molar-refractivity contribution in [3.63, 3.8) is 0 Å². The van der Waals surface area contributed by atoms with Gasteiger partial charge >= 0.3 is 0 Å². The van der Waals surface area contributed by atoms with Gasteiger partial charge in [-0.1, -0.05) is 30.7 Å². The predicted octanol–water partition coefficient (Wildman–Crippen LogP) is 2.60. The molecule has 1 rings (SSSR count). The van der Waals surface area contributed by atoms with E-state index in [4.69, 9.17) is 5.11 Å². The summed E-state index contributed by atoms with van der Waals surface area (Å²) in [4.78, 5) is 2.48. The third-order valence-electron chi connectivity index (χ3n) is 3.19. The molecule has 16 heavy (non-hydrogen) atoms. The molecule has 1 N–H and O–H groups in total. The van der Waals surface area contributed by atoms with Crippen molar-refractivity contribution in [2.75, 3.05) is 26.2 Å². The Kier molecular flexibility index (Phi) is 6.43. The molecule has 0 amide bonds. The van der Waals surface area contributed by atoms with E-state index in [-0.39, 0.29) is 0 Å². The third kappa shape index (κ3) is 4.95. The van der Waals surface area contributed by atoms with Gasteiger partial charge in [-0.05, 0) is 45.2 Å². The van der Waals surface area contributed by atoms with Crippen LogP contribution in [0.15, 0.2) is 23.8 Å². The summed E-state index contributed by atoms with van der Waals surface area (Å²) in [7, 11) is 0. The summed E-state index contributed by atoms with van der Waals surface area (Å²) < 4.78 is 0. The van der Waals surface area contributed by atoms with Crippen LogP contribution in [0.4, 0.5) is 0 Å². The zero-order valence-corrected chi connectivity index (χ0v) is 10.7. The van der Waals surface area contributed by atoms with Crippen LogP contribution < -0.4 is 0 Å². The number of aliphatic hydroxyl groups excluding tert-OH is 1. The van der Waals surface area contributed by atoms with Crippen molar-refractivity contribution in [3.05, 3.63) is 23.8 Å². The minimum atomic E-state index is 0.363. The molecule has 0 unspecified atom stereocenters. The zero-order chi connectivity index (χ0) is 11.8. The van der Waals surface area contributed by atoms with E-state index in [1.165, 1.54) is 5.57 Å². The van der Waals surface area contributed by atoms with Gasteiger partial charge < -0.3 is 5.11 Å². The highest BCUT2D eigenvalue weighted by Crippen LogP contribution is 2.17. The Bertz CT molecular complexity index is 237. The van der Waals surface area contributed by atoms with E-state index in [2.05, 4.69) is 37.0 Å². The van der Waals surface area contributed by atoms with Crippen molar-refractivity contribution >= 4 is 0 Å². The van der Waals surface area contributed by atoms with Gasteiger partial charge in [0, 0.05) is 13.2 Å². The molecule has 1 heterocycles. The molecule has 0 atom stereocenters. The van der Waals surface area contributed by atoms with Gasteiger partial charge in [0.1, 0.15) is 0 Å². The summed E-state index contributed by atoms with van der Waals surface area (Å²) in [5.74, 6) is 0.542. The second-order valence-corrected chi connectivity index (χ2v) is 4.75. The number of likely N-dealkylation sites (tertiary alicyclic amines) is 1. The van der Waals surface area contributed by atoms with E-state index in [1.54, 1.807) is 0 Å². The maximum Gasteiger partial charge on any atom is 0.0460 e. The number of piperidine rings is 1. The molecule has 0 aromatic rings. The van der Waals surface area contributed by atoms with Gasteiger partial charge in [0.15, 0.2) is 0 Å². The van der Waals surface area contributed by atoms with Crippen LogP contribution >= 0.6 is 0 Å². The van der Waals surface area contributed by atoms with Crippen LogP contribution in [0.3, 0.4) is 0 Å². The summed E-state index contributed by atoms with van der Waals surface area (Å²) in [5, 5.41) is 9.06. The monoisotopic (exact) mass is 223 g/mol. The molecular weight excluding hydrogens is 198 g/mol. The molecule has 2 heteroatoms. The van der Waals surface area contributed by atoms with Gasteiger partial charge in [-0.2, -0.15) is 0 Å². The molecule has 1 fully saturated rings. The lowest BCUT2D eigenvalue weighted by molar-refractivity contribution is 0.138. The Morgan fingerprint density at radius 1 is 1.38 bits per heavy atom. The zero-order valence-electron chi connectivity index (χ0n) is 10.7. The maximum atomic E-state index is 9.06. The summed E-state index contributed by atoms with van der Waals surface area (Å²) in [5.41, 5.74) is 1.42. The minimum Gasteiger partial charge on any atom is -0.396 e. The number of aliphatic hydroxyl groups is 1. The second-order valence-electron chi connectivity index (χ2n) is 4.75. The lowest BCUT2D eigenvalue weighted by Crippen LogP contribution is -2.35. The van der Waals surface area contributed by atoms with Crippen LogP contribution in [0.25, 0.3) is 0 Å². The van der Waals surface area contributed by atoms with Gasteiger partial charge in [-0.15, -0.1) is 0 Å². The summed E-state index contributed by atoms with van der Waals surface area (Å²) >= 11 is 0. The smallest absolute Gasteiger partial charge is 0.0460 e. The second kappa shape index (κ2) is 7.64. The lowest BCUT2D eigenvalue weighted by Gasteiger charge is -2.31. The van der Waals surface area contributed by atoms with Crippen molar-refractivity contribution in [2.45, 2.75) is 33.1 Å². The Labute approximate surface area is 99.7 Å². The van der Waals surface area contributed by atoms with Crippen LogP contribution in [-0.2, 0) is 0 Å². The number of allylic oxidation sites excluding steroid dienone is 3. The molecule has 0 saturated carbocycles. The minimum absolute atomic E-state index is 0.363. The maximum absolute atomic E-state index is 9.06. The fourth-order valence-corrected chi connectivity index (χ4v) is 2.10.